The lowest BCUT2D eigenvalue weighted by molar-refractivity contribution is -0.128. The zero-order valence-electron chi connectivity index (χ0n) is 22.1. The summed E-state index contributed by atoms with van der Waals surface area (Å²) in [5.74, 6) is 0.995. The minimum absolute atomic E-state index is 0.101. The van der Waals surface area contributed by atoms with E-state index in [4.69, 9.17) is 14.1 Å². The van der Waals surface area contributed by atoms with E-state index in [2.05, 4.69) is 15.6 Å². The van der Waals surface area contributed by atoms with Crippen LogP contribution in [0.1, 0.15) is 36.7 Å². The van der Waals surface area contributed by atoms with Crippen LogP contribution in [0.5, 0.6) is 5.75 Å². The highest BCUT2D eigenvalue weighted by Crippen LogP contribution is 2.35. The summed E-state index contributed by atoms with van der Waals surface area (Å²) in [6.07, 6.45) is 1.97. The first-order chi connectivity index (χ1) is 19.5. The second-order valence-corrected chi connectivity index (χ2v) is 10.4. The number of hydrogen-bond donors (Lipinski definition) is 2. The van der Waals surface area contributed by atoms with Crippen molar-refractivity contribution < 1.29 is 23.5 Å². The van der Waals surface area contributed by atoms with Crippen LogP contribution in [0.3, 0.4) is 0 Å². The maximum absolute atomic E-state index is 13.6. The number of carbonyl (C=O) groups is 3. The molecule has 206 valence electrons. The Labute approximate surface area is 235 Å². The number of nitrogens with zero attached hydrogens (tertiary/aromatic N) is 3. The fourth-order valence-electron chi connectivity index (χ4n) is 4.36. The molecule has 1 aromatic heterocycles. The van der Waals surface area contributed by atoms with E-state index in [9.17, 15) is 14.4 Å². The van der Waals surface area contributed by atoms with E-state index in [1.807, 2.05) is 55.5 Å². The molecule has 0 bridgehead atoms. The number of para-hydroxylation sites is 1. The summed E-state index contributed by atoms with van der Waals surface area (Å²) in [7, 11) is 1.59. The molecule has 2 aliphatic rings. The predicted octanol–water partition coefficient (Wildman–Crippen LogP) is 3.78. The summed E-state index contributed by atoms with van der Waals surface area (Å²) in [5, 5.41) is 5.61. The number of amides is 3. The van der Waals surface area contributed by atoms with Gasteiger partial charge in [0, 0.05) is 12.1 Å². The minimum Gasteiger partial charge on any atom is -0.497 e. The molecular formula is C29H29N5O5S. The van der Waals surface area contributed by atoms with Crippen LogP contribution in [0.4, 0.5) is 5.69 Å². The molecule has 3 heterocycles. The van der Waals surface area contributed by atoms with Gasteiger partial charge in [-0.2, -0.15) is 0 Å². The van der Waals surface area contributed by atoms with Crippen molar-refractivity contribution >= 4 is 46.2 Å². The molecule has 3 aromatic rings. The Kier molecular flexibility index (Phi) is 8.30. The van der Waals surface area contributed by atoms with Gasteiger partial charge in [0.25, 0.3) is 5.91 Å². The maximum atomic E-state index is 13.6. The first kappa shape index (κ1) is 27.2. The Bertz CT molecular complexity index is 1450. The van der Waals surface area contributed by atoms with Crippen molar-refractivity contribution in [1.82, 2.24) is 15.5 Å². The van der Waals surface area contributed by atoms with Crippen LogP contribution in [0.15, 0.2) is 81.3 Å². The number of carbonyl (C=O) groups excluding carboxylic acids is 3. The molecule has 0 aliphatic carbocycles. The molecule has 0 saturated heterocycles. The van der Waals surface area contributed by atoms with E-state index in [-0.39, 0.29) is 30.7 Å². The van der Waals surface area contributed by atoms with Crippen molar-refractivity contribution in [2.24, 2.45) is 9.98 Å². The Morgan fingerprint density at radius 2 is 1.88 bits per heavy atom. The lowest BCUT2D eigenvalue weighted by atomic mass is 10.1. The molecule has 2 N–H and O–H groups in total. The van der Waals surface area contributed by atoms with Gasteiger partial charge in [-0.3, -0.25) is 19.4 Å². The molecule has 11 heteroatoms. The van der Waals surface area contributed by atoms with Gasteiger partial charge in [0.1, 0.15) is 23.4 Å². The molecule has 2 aromatic carbocycles. The number of aliphatic imine (C=N–C) groups is 2. The highest BCUT2D eigenvalue weighted by Gasteiger charge is 2.43. The maximum Gasteiger partial charge on any atom is 0.259 e. The molecule has 5 rings (SSSR count). The van der Waals surface area contributed by atoms with Crippen LogP contribution in [-0.2, 0) is 27.5 Å². The molecule has 0 saturated carbocycles. The Hall–Kier alpha value is -4.38. The quantitative estimate of drug-likeness (QED) is 0.390. The van der Waals surface area contributed by atoms with Gasteiger partial charge in [0.2, 0.25) is 11.8 Å². The first-order valence-corrected chi connectivity index (χ1v) is 13.8. The third kappa shape index (κ3) is 5.94. The topological polar surface area (TPSA) is 126 Å². The van der Waals surface area contributed by atoms with Gasteiger partial charge in [-0.15, -0.1) is 0 Å². The highest BCUT2D eigenvalue weighted by atomic mass is 32.2. The first-order valence-electron chi connectivity index (χ1n) is 12.9. The summed E-state index contributed by atoms with van der Waals surface area (Å²) in [5.41, 5.74) is 2.27. The van der Waals surface area contributed by atoms with Crippen molar-refractivity contribution in [3.63, 3.8) is 0 Å². The third-order valence-corrected chi connectivity index (χ3v) is 7.82. The summed E-state index contributed by atoms with van der Waals surface area (Å²) in [6, 6.07) is 17.4. The number of hydrogen-bond acceptors (Lipinski definition) is 8. The van der Waals surface area contributed by atoms with E-state index >= 15 is 0 Å². The average Bonchev–Trinajstić information content (AvgIpc) is 3.62. The molecule has 0 spiro atoms. The van der Waals surface area contributed by atoms with Crippen molar-refractivity contribution in [3.8, 4) is 5.75 Å². The number of fused-ring (bicyclic) bond motifs is 3. The summed E-state index contributed by atoms with van der Waals surface area (Å²) >= 11 is 1.21. The van der Waals surface area contributed by atoms with Crippen molar-refractivity contribution in [1.29, 1.82) is 0 Å². The molecular weight excluding hydrogens is 530 g/mol. The van der Waals surface area contributed by atoms with Crippen molar-refractivity contribution in [2.75, 3.05) is 7.11 Å². The van der Waals surface area contributed by atoms with Gasteiger partial charge < -0.3 is 19.8 Å². The zero-order chi connectivity index (χ0) is 28.1. The molecule has 2 atom stereocenters. The molecule has 0 fully saturated rings. The fourth-order valence-corrected chi connectivity index (χ4v) is 5.40. The largest absolute Gasteiger partial charge is 0.497 e. The van der Waals surface area contributed by atoms with Gasteiger partial charge in [0.15, 0.2) is 5.17 Å². The molecule has 2 aliphatic heterocycles. The predicted molar refractivity (Wildman–Crippen MR) is 152 cm³/mol. The number of benzene rings is 2. The van der Waals surface area contributed by atoms with E-state index in [1.54, 1.807) is 25.5 Å². The second-order valence-electron chi connectivity index (χ2n) is 9.19. The Morgan fingerprint density at radius 3 is 2.60 bits per heavy atom. The molecule has 3 amide bonds. The van der Waals surface area contributed by atoms with Crippen LogP contribution < -0.4 is 15.4 Å². The van der Waals surface area contributed by atoms with E-state index in [0.29, 0.717) is 41.0 Å². The van der Waals surface area contributed by atoms with E-state index in [1.165, 1.54) is 16.7 Å². The fraction of sp³-hybridized carbons (Fsp3) is 0.276. The number of rotatable bonds is 10. The number of furan rings is 1. The van der Waals surface area contributed by atoms with Crippen LogP contribution in [0.25, 0.3) is 0 Å². The van der Waals surface area contributed by atoms with Crippen LogP contribution >= 0.6 is 11.8 Å². The molecule has 0 radical (unpaired) electrons. The summed E-state index contributed by atoms with van der Waals surface area (Å²) < 4.78 is 10.5. The monoisotopic (exact) mass is 559 g/mol. The van der Waals surface area contributed by atoms with E-state index < -0.39 is 11.3 Å². The van der Waals surface area contributed by atoms with Gasteiger partial charge in [0.05, 0.1) is 37.3 Å². The van der Waals surface area contributed by atoms with Crippen LogP contribution in [-0.4, -0.2) is 52.0 Å². The molecule has 0 unspecified atom stereocenters. The van der Waals surface area contributed by atoms with Gasteiger partial charge in [-0.1, -0.05) is 43.0 Å². The highest BCUT2D eigenvalue weighted by molar-refractivity contribution is 8.15. The van der Waals surface area contributed by atoms with Crippen LogP contribution in [0.2, 0.25) is 0 Å². The lowest BCUT2D eigenvalue weighted by Crippen LogP contribution is -2.43. The van der Waals surface area contributed by atoms with Crippen molar-refractivity contribution in [2.45, 2.75) is 44.1 Å². The SMILES string of the molecule is CC[C@@H](SC1=Nc2ccccc2C2=N[C@H](CC(=O)NCc3ccc(OC)cc3)C(=O)N12)C(=O)NCc1ccco1. The van der Waals surface area contributed by atoms with Crippen molar-refractivity contribution in [3.05, 3.63) is 83.8 Å². The molecule has 10 nitrogen and oxygen atoms in total. The Morgan fingerprint density at radius 1 is 1.07 bits per heavy atom. The van der Waals surface area contributed by atoms with Gasteiger partial charge >= 0.3 is 0 Å². The van der Waals surface area contributed by atoms with E-state index in [0.717, 1.165) is 11.3 Å². The van der Waals surface area contributed by atoms with Gasteiger partial charge in [-0.25, -0.2) is 9.89 Å². The average molecular weight is 560 g/mol. The molecule has 40 heavy (non-hydrogen) atoms. The summed E-state index contributed by atoms with van der Waals surface area (Å²) in [6.45, 7) is 2.49. The normalized spacial score (nSPS) is 16.4. The van der Waals surface area contributed by atoms with Crippen LogP contribution in [0, 0.1) is 0 Å². The smallest absolute Gasteiger partial charge is 0.259 e. The zero-order valence-corrected chi connectivity index (χ0v) is 22.9. The number of amidine groups is 2. The minimum atomic E-state index is -0.893. The second kappa shape index (κ2) is 12.2. The summed E-state index contributed by atoms with van der Waals surface area (Å²) in [4.78, 5) is 50.1. The van der Waals surface area contributed by atoms with Gasteiger partial charge in [-0.05, 0) is 48.4 Å². The number of thioether (sulfide) groups is 1. The number of methoxy groups -OCH3 is 1. The third-order valence-electron chi connectivity index (χ3n) is 6.50. The number of nitrogens with one attached hydrogen (secondary N) is 2. The Balaban J connectivity index is 1.29. The number of ether oxygens (including phenoxy) is 1. The standard InChI is InChI=1S/C29H29N5O5S/c1-3-24(27(36)31-17-20-7-6-14-39-20)40-29-33-22-9-5-4-8-21(22)26-32-23(28(37)34(26)29)15-25(35)30-16-18-10-12-19(38-2)13-11-18/h4-14,23-24H,3,15-17H2,1-2H3,(H,30,35)(H,31,36)/t23-,24-/m1/s1. The lowest BCUT2D eigenvalue weighted by Gasteiger charge is -2.27.